The van der Waals surface area contributed by atoms with Crippen LogP contribution in [0.2, 0.25) is 0 Å². The topological polar surface area (TPSA) is 113 Å². The van der Waals surface area contributed by atoms with Gasteiger partial charge in [0.1, 0.15) is 17.6 Å². The lowest BCUT2D eigenvalue weighted by Crippen LogP contribution is -2.37. The van der Waals surface area contributed by atoms with Crippen molar-refractivity contribution in [3.63, 3.8) is 0 Å². The second-order valence-corrected chi connectivity index (χ2v) is 9.97. The Kier molecular flexibility index (Phi) is 6.72. The third-order valence-corrected chi connectivity index (χ3v) is 7.60. The molecular weight excluding hydrogens is 477 g/mol. The van der Waals surface area contributed by atoms with Crippen molar-refractivity contribution < 1.29 is 13.9 Å². The number of aliphatic imine (C=N–C) groups is 1. The fraction of sp³-hybridized carbons (Fsp3) is 0.259. The van der Waals surface area contributed by atoms with Crippen molar-refractivity contribution in [1.82, 2.24) is 4.98 Å². The van der Waals surface area contributed by atoms with Crippen molar-refractivity contribution in [3.05, 3.63) is 95.1 Å². The minimum atomic E-state index is -0.867. The smallest absolute Gasteiger partial charge is 0.274 e. The zero-order valence-electron chi connectivity index (χ0n) is 19.4. The van der Waals surface area contributed by atoms with E-state index in [9.17, 15) is 4.79 Å². The number of benzene rings is 2. The number of amidine groups is 1. The summed E-state index contributed by atoms with van der Waals surface area (Å²) in [6.07, 6.45) is 2.46. The molecule has 9 heteroatoms. The van der Waals surface area contributed by atoms with Gasteiger partial charge in [-0.05, 0) is 42.3 Å². The zero-order valence-corrected chi connectivity index (χ0v) is 20.2. The van der Waals surface area contributed by atoms with Crippen molar-refractivity contribution in [1.29, 1.82) is 5.26 Å². The van der Waals surface area contributed by atoms with Crippen LogP contribution in [0, 0.1) is 23.1 Å². The Morgan fingerprint density at radius 2 is 2.08 bits per heavy atom. The van der Waals surface area contributed by atoms with E-state index in [1.54, 1.807) is 6.07 Å². The first kappa shape index (κ1) is 24.0. The van der Waals surface area contributed by atoms with Gasteiger partial charge < -0.3 is 15.8 Å². The van der Waals surface area contributed by atoms with Gasteiger partial charge in [0.25, 0.3) is 5.91 Å². The molecule has 0 unspecified atom stereocenters. The van der Waals surface area contributed by atoms with E-state index in [-0.39, 0.29) is 17.7 Å². The molecule has 2 aliphatic rings. The number of carbonyl (C=O) groups is 1. The standard InChI is InChI=1S/C27H24FN5O2S/c28-23-8-7-20(32-25(34)24-9-6-18(13-29)14-31-24)11-22(23)27-12-21(10-19(27)16-36-26(30)33-27)35-15-17-4-2-1-3-5-17/h1-9,11,14,19,21H,10,12,15-16H2,(H2,30,33)(H,32,34)/t19-,21-,27-/m0/s1. The highest BCUT2D eigenvalue weighted by Crippen LogP contribution is 2.52. The number of hydrogen-bond acceptors (Lipinski definition) is 7. The van der Waals surface area contributed by atoms with Crippen molar-refractivity contribution >= 4 is 28.5 Å². The van der Waals surface area contributed by atoms with Gasteiger partial charge in [-0.25, -0.2) is 9.37 Å². The third-order valence-electron chi connectivity index (χ3n) is 6.65. The van der Waals surface area contributed by atoms with Crippen LogP contribution in [-0.2, 0) is 16.9 Å². The summed E-state index contributed by atoms with van der Waals surface area (Å²) in [7, 11) is 0. The van der Waals surface area contributed by atoms with Crippen molar-refractivity contribution in [2.75, 3.05) is 11.1 Å². The number of pyridine rings is 1. The highest BCUT2D eigenvalue weighted by molar-refractivity contribution is 8.13. The largest absolute Gasteiger partial charge is 0.379 e. The maximum absolute atomic E-state index is 15.3. The molecule has 3 atom stereocenters. The van der Waals surface area contributed by atoms with E-state index in [2.05, 4.69) is 10.3 Å². The van der Waals surface area contributed by atoms with Gasteiger partial charge in [-0.2, -0.15) is 5.26 Å². The molecular formula is C27H24FN5O2S. The van der Waals surface area contributed by atoms with Crippen LogP contribution in [0.5, 0.6) is 0 Å². The van der Waals surface area contributed by atoms with Gasteiger partial charge in [0.2, 0.25) is 0 Å². The van der Waals surface area contributed by atoms with Crippen LogP contribution in [0.1, 0.15) is 40.0 Å². The summed E-state index contributed by atoms with van der Waals surface area (Å²) in [5.74, 6) is -0.104. The van der Waals surface area contributed by atoms with Crippen LogP contribution >= 0.6 is 11.8 Å². The van der Waals surface area contributed by atoms with Gasteiger partial charge in [0.15, 0.2) is 5.17 Å². The molecule has 1 fully saturated rings. The van der Waals surface area contributed by atoms with Crippen LogP contribution in [0.15, 0.2) is 71.9 Å². The van der Waals surface area contributed by atoms with Crippen LogP contribution < -0.4 is 11.1 Å². The van der Waals surface area contributed by atoms with Crippen molar-refractivity contribution in [2.24, 2.45) is 16.6 Å². The van der Waals surface area contributed by atoms with Gasteiger partial charge in [0, 0.05) is 35.5 Å². The Balaban J connectivity index is 1.40. The number of anilines is 1. The molecule has 2 aromatic carbocycles. The molecule has 36 heavy (non-hydrogen) atoms. The molecule has 1 saturated carbocycles. The molecule has 3 N–H and O–H groups in total. The van der Waals surface area contributed by atoms with E-state index in [0.29, 0.717) is 40.8 Å². The average molecular weight is 502 g/mol. The number of nitriles is 1. The Bertz CT molecular complexity index is 1340. The predicted molar refractivity (Wildman–Crippen MR) is 137 cm³/mol. The van der Waals surface area contributed by atoms with Crippen LogP contribution in [0.25, 0.3) is 0 Å². The minimum Gasteiger partial charge on any atom is -0.379 e. The second kappa shape index (κ2) is 10.1. The number of thioether (sulfide) groups is 1. The summed E-state index contributed by atoms with van der Waals surface area (Å²) < 4.78 is 21.6. The van der Waals surface area contributed by atoms with E-state index >= 15 is 4.39 Å². The van der Waals surface area contributed by atoms with Crippen molar-refractivity contribution in [2.45, 2.75) is 31.1 Å². The number of rotatable bonds is 6. The number of nitrogens with one attached hydrogen (secondary N) is 1. The first-order chi connectivity index (χ1) is 17.5. The first-order valence-electron chi connectivity index (χ1n) is 11.6. The molecule has 0 saturated heterocycles. The number of ether oxygens (including phenoxy) is 1. The summed E-state index contributed by atoms with van der Waals surface area (Å²) in [4.78, 5) is 21.5. The number of aromatic nitrogens is 1. The summed E-state index contributed by atoms with van der Waals surface area (Å²) in [6, 6.07) is 19.4. The number of fused-ring (bicyclic) bond motifs is 1. The molecule has 3 aromatic rings. The molecule has 1 aromatic heterocycles. The van der Waals surface area contributed by atoms with Crippen LogP contribution in [0.4, 0.5) is 10.1 Å². The first-order valence-corrected chi connectivity index (χ1v) is 12.6. The molecule has 0 bridgehead atoms. The average Bonchev–Trinajstić information content (AvgIpc) is 3.27. The summed E-state index contributed by atoms with van der Waals surface area (Å²) in [5, 5.41) is 12.1. The number of hydrogen-bond donors (Lipinski definition) is 2. The Labute approximate surface area is 212 Å². The van der Waals surface area contributed by atoms with Gasteiger partial charge in [0.05, 0.1) is 23.8 Å². The number of halogens is 1. The number of nitrogens with two attached hydrogens (primary N) is 1. The molecule has 182 valence electrons. The summed E-state index contributed by atoms with van der Waals surface area (Å²) in [5.41, 5.74) is 7.68. The van der Waals surface area contributed by atoms with Gasteiger partial charge >= 0.3 is 0 Å². The molecule has 2 heterocycles. The van der Waals surface area contributed by atoms with E-state index < -0.39 is 17.3 Å². The van der Waals surface area contributed by atoms with E-state index in [1.165, 1.54) is 42.2 Å². The molecule has 5 rings (SSSR count). The number of nitrogens with zero attached hydrogens (tertiary/aromatic N) is 3. The van der Waals surface area contributed by atoms with Gasteiger partial charge in [-0.15, -0.1) is 0 Å². The minimum absolute atomic E-state index is 0.0382. The highest BCUT2D eigenvalue weighted by Gasteiger charge is 2.52. The highest BCUT2D eigenvalue weighted by atomic mass is 32.2. The summed E-state index contributed by atoms with van der Waals surface area (Å²) >= 11 is 1.47. The third kappa shape index (κ3) is 4.83. The second-order valence-electron chi connectivity index (χ2n) is 8.93. The summed E-state index contributed by atoms with van der Waals surface area (Å²) in [6.45, 7) is 0.469. The molecule has 1 amide bonds. The van der Waals surface area contributed by atoms with Crippen LogP contribution in [0.3, 0.4) is 0 Å². The van der Waals surface area contributed by atoms with Gasteiger partial charge in [-0.1, -0.05) is 42.1 Å². The van der Waals surface area contributed by atoms with E-state index in [0.717, 1.165) is 12.0 Å². The Morgan fingerprint density at radius 1 is 1.25 bits per heavy atom. The number of amides is 1. The zero-order chi connectivity index (χ0) is 25.1. The lowest BCUT2D eigenvalue weighted by atomic mass is 9.81. The fourth-order valence-electron chi connectivity index (χ4n) is 4.90. The van der Waals surface area contributed by atoms with Crippen molar-refractivity contribution in [3.8, 4) is 6.07 Å². The molecule has 7 nitrogen and oxygen atoms in total. The predicted octanol–water partition coefficient (Wildman–Crippen LogP) is 4.60. The number of carbonyl (C=O) groups excluding carboxylic acids is 1. The van der Waals surface area contributed by atoms with Gasteiger partial charge in [-0.3, -0.25) is 9.79 Å². The SMILES string of the molecule is N#Cc1ccc(C(=O)Nc2ccc(F)c([C@]34C[C@@H](OCc5ccccc5)C[C@H]3CSC(N)=N4)c2)nc1. The maximum atomic E-state index is 15.3. The maximum Gasteiger partial charge on any atom is 0.274 e. The molecule has 1 aliphatic carbocycles. The molecule has 1 aliphatic heterocycles. The van der Waals surface area contributed by atoms with E-state index in [1.807, 2.05) is 36.4 Å². The quantitative estimate of drug-likeness (QED) is 0.511. The Hall–Kier alpha value is -3.74. The lowest BCUT2D eigenvalue weighted by molar-refractivity contribution is 0.0406. The fourth-order valence-corrected chi connectivity index (χ4v) is 5.91. The monoisotopic (exact) mass is 501 g/mol. The molecule has 0 spiro atoms. The van der Waals surface area contributed by atoms with Crippen LogP contribution in [-0.4, -0.2) is 27.9 Å². The van der Waals surface area contributed by atoms with E-state index in [4.69, 9.17) is 20.7 Å². The Morgan fingerprint density at radius 3 is 2.83 bits per heavy atom. The normalized spacial score (nSPS) is 22.8. The lowest BCUT2D eigenvalue weighted by Gasteiger charge is -2.36. The molecule has 0 radical (unpaired) electrons.